The Morgan fingerprint density at radius 2 is 2.40 bits per heavy atom. The van der Waals surface area contributed by atoms with Gasteiger partial charge >= 0.3 is 0 Å². The van der Waals surface area contributed by atoms with Crippen molar-refractivity contribution in [1.29, 1.82) is 0 Å². The van der Waals surface area contributed by atoms with Crippen molar-refractivity contribution in [2.24, 2.45) is 5.73 Å². The summed E-state index contributed by atoms with van der Waals surface area (Å²) in [4.78, 5) is 11.2. The maximum absolute atomic E-state index is 11.2. The van der Waals surface area contributed by atoms with Crippen molar-refractivity contribution >= 4 is 33.1 Å². The van der Waals surface area contributed by atoms with Crippen LogP contribution in [0.1, 0.15) is 10.4 Å². The fourth-order valence-electron chi connectivity index (χ4n) is 1.49. The van der Waals surface area contributed by atoms with E-state index in [0.717, 1.165) is 10.2 Å². The molecule has 74 valence electrons. The number of carbonyl (C=O) groups excluding carboxylic acids is 1. The number of tetrazole rings is 1. The van der Waals surface area contributed by atoms with Gasteiger partial charge in [0.15, 0.2) is 5.65 Å². The summed E-state index contributed by atoms with van der Waals surface area (Å²) in [7, 11) is 0. The minimum absolute atomic E-state index is 0.343. The van der Waals surface area contributed by atoms with Crippen LogP contribution in [-0.4, -0.2) is 25.9 Å². The summed E-state index contributed by atoms with van der Waals surface area (Å²) in [6.45, 7) is 0. The SMILES string of the molecule is NC(=O)c1cc2sccc2n2nnnc12. The molecule has 15 heavy (non-hydrogen) atoms. The Hall–Kier alpha value is -2.02. The molecule has 3 aromatic heterocycles. The van der Waals surface area contributed by atoms with Crippen molar-refractivity contribution < 1.29 is 4.79 Å². The number of fused-ring (bicyclic) bond motifs is 3. The van der Waals surface area contributed by atoms with E-state index >= 15 is 0 Å². The van der Waals surface area contributed by atoms with Gasteiger partial charge in [-0.05, 0) is 27.9 Å². The van der Waals surface area contributed by atoms with Crippen LogP contribution in [0.2, 0.25) is 0 Å². The van der Waals surface area contributed by atoms with Gasteiger partial charge in [0.25, 0.3) is 5.91 Å². The van der Waals surface area contributed by atoms with E-state index in [2.05, 4.69) is 15.5 Å². The molecule has 0 aromatic carbocycles. The second-order valence-corrected chi connectivity index (χ2v) is 3.95. The van der Waals surface area contributed by atoms with E-state index in [1.807, 2.05) is 11.4 Å². The highest BCUT2D eigenvalue weighted by Gasteiger charge is 2.13. The molecule has 0 spiro atoms. The van der Waals surface area contributed by atoms with Crippen LogP contribution < -0.4 is 5.73 Å². The highest BCUT2D eigenvalue weighted by Crippen LogP contribution is 2.23. The smallest absolute Gasteiger partial charge is 0.252 e. The van der Waals surface area contributed by atoms with E-state index in [9.17, 15) is 4.79 Å². The lowest BCUT2D eigenvalue weighted by Gasteiger charge is -1.98. The number of hydrogen-bond acceptors (Lipinski definition) is 5. The van der Waals surface area contributed by atoms with Crippen LogP contribution in [0.15, 0.2) is 17.5 Å². The number of carbonyl (C=O) groups is 1. The van der Waals surface area contributed by atoms with Crippen molar-refractivity contribution in [3.63, 3.8) is 0 Å². The van der Waals surface area contributed by atoms with Crippen LogP contribution in [0.4, 0.5) is 0 Å². The zero-order valence-corrected chi connectivity index (χ0v) is 8.23. The molecule has 6 nitrogen and oxygen atoms in total. The second kappa shape index (κ2) is 2.74. The summed E-state index contributed by atoms with van der Waals surface area (Å²) in [6, 6.07) is 3.61. The van der Waals surface area contributed by atoms with Crippen LogP contribution >= 0.6 is 11.3 Å². The van der Waals surface area contributed by atoms with E-state index in [-0.39, 0.29) is 0 Å². The maximum Gasteiger partial charge on any atom is 0.252 e. The molecule has 0 fully saturated rings. The Balaban J connectivity index is 2.59. The lowest BCUT2D eigenvalue weighted by molar-refractivity contribution is 0.100. The minimum atomic E-state index is -0.523. The number of thiophene rings is 1. The molecule has 0 aliphatic carbocycles. The number of primary amides is 1. The molecule has 2 N–H and O–H groups in total. The van der Waals surface area contributed by atoms with E-state index < -0.39 is 5.91 Å². The fraction of sp³-hybridized carbons (Fsp3) is 0. The maximum atomic E-state index is 11.2. The summed E-state index contributed by atoms with van der Waals surface area (Å²) in [6.07, 6.45) is 0. The number of nitrogens with two attached hydrogens (primary N) is 1. The highest BCUT2D eigenvalue weighted by molar-refractivity contribution is 7.17. The first-order valence-electron chi connectivity index (χ1n) is 4.15. The Bertz CT molecular complexity index is 670. The summed E-state index contributed by atoms with van der Waals surface area (Å²) >= 11 is 1.51. The lowest BCUT2D eigenvalue weighted by atomic mass is 10.2. The standard InChI is InChI=1S/C8H5N5OS/c9-7(14)4-3-6-5(1-2-15-6)13-8(4)10-11-12-13/h1-3H,(H2,9,14). The first kappa shape index (κ1) is 8.30. The molecule has 3 aromatic rings. The van der Waals surface area contributed by atoms with Crippen LogP contribution in [-0.2, 0) is 0 Å². The third-order valence-corrected chi connectivity index (χ3v) is 3.01. The Labute approximate surface area is 87.3 Å². The van der Waals surface area contributed by atoms with E-state index in [1.165, 1.54) is 15.9 Å². The minimum Gasteiger partial charge on any atom is -0.365 e. The Kier molecular flexibility index (Phi) is 1.51. The first-order chi connectivity index (χ1) is 7.27. The average Bonchev–Trinajstić information content (AvgIpc) is 2.83. The largest absolute Gasteiger partial charge is 0.365 e. The second-order valence-electron chi connectivity index (χ2n) is 3.01. The monoisotopic (exact) mass is 219 g/mol. The van der Waals surface area contributed by atoms with Crippen molar-refractivity contribution in [1.82, 2.24) is 20.0 Å². The van der Waals surface area contributed by atoms with Crippen LogP contribution in [0.3, 0.4) is 0 Å². The van der Waals surface area contributed by atoms with Gasteiger partial charge < -0.3 is 5.73 Å². The molecular formula is C8H5N5OS. The van der Waals surface area contributed by atoms with Crippen molar-refractivity contribution in [3.8, 4) is 0 Å². The van der Waals surface area contributed by atoms with Crippen LogP contribution in [0.5, 0.6) is 0 Å². The molecule has 0 aliphatic rings. The Morgan fingerprint density at radius 3 is 3.20 bits per heavy atom. The van der Waals surface area contributed by atoms with E-state index in [4.69, 9.17) is 5.73 Å². The van der Waals surface area contributed by atoms with E-state index in [0.29, 0.717) is 11.2 Å². The predicted molar refractivity (Wildman–Crippen MR) is 54.7 cm³/mol. The van der Waals surface area contributed by atoms with Crippen molar-refractivity contribution in [3.05, 3.63) is 23.1 Å². The number of nitrogens with zero attached hydrogens (tertiary/aromatic N) is 4. The molecule has 1 amide bonds. The molecular weight excluding hydrogens is 214 g/mol. The van der Waals surface area contributed by atoms with Gasteiger partial charge in [-0.1, -0.05) is 0 Å². The number of rotatable bonds is 1. The molecule has 0 radical (unpaired) electrons. The highest BCUT2D eigenvalue weighted by atomic mass is 32.1. The van der Waals surface area contributed by atoms with Crippen LogP contribution in [0, 0.1) is 0 Å². The zero-order valence-electron chi connectivity index (χ0n) is 7.41. The molecule has 7 heteroatoms. The number of amides is 1. The van der Waals surface area contributed by atoms with Gasteiger partial charge in [0.1, 0.15) is 0 Å². The summed E-state index contributed by atoms with van der Waals surface area (Å²) in [5.74, 6) is -0.523. The molecule has 3 rings (SSSR count). The number of pyridine rings is 1. The van der Waals surface area contributed by atoms with Gasteiger partial charge in [0.2, 0.25) is 0 Å². The quantitative estimate of drug-likeness (QED) is 0.643. The van der Waals surface area contributed by atoms with Gasteiger partial charge in [0, 0.05) is 0 Å². The summed E-state index contributed by atoms with van der Waals surface area (Å²) in [5, 5.41) is 13.0. The molecule has 3 heterocycles. The first-order valence-corrected chi connectivity index (χ1v) is 5.03. The van der Waals surface area contributed by atoms with Gasteiger partial charge in [-0.3, -0.25) is 4.79 Å². The van der Waals surface area contributed by atoms with Gasteiger partial charge in [0.05, 0.1) is 15.8 Å². The average molecular weight is 219 g/mol. The number of aromatic nitrogens is 4. The van der Waals surface area contributed by atoms with Crippen molar-refractivity contribution in [2.45, 2.75) is 0 Å². The van der Waals surface area contributed by atoms with Crippen LogP contribution in [0.25, 0.3) is 15.9 Å². The lowest BCUT2D eigenvalue weighted by Crippen LogP contribution is -2.12. The zero-order chi connectivity index (χ0) is 10.4. The molecule has 0 aliphatic heterocycles. The van der Waals surface area contributed by atoms with Crippen molar-refractivity contribution in [2.75, 3.05) is 0 Å². The number of hydrogen-bond donors (Lipinski definition) is 1. The molecule has 0 bridgehead atoms. The van der Waals surface area contributed by atoms with Gasteiger partial charge in [-0.25, -0.2) is 0 Å². The Morgan fingerprint density at radius 1 is 1.53 bits per heavy atom. The predicted octanol–water partition coefficient (Wildman–Crippen LogP) is 0.438. The van der Waals surface area contributed by atoms with E-state index in [1.54, 1.807) is 6.07 Å². The third kappa shape index (κ3) is 1.03. The summed E-state index contributed by atoms with van der Waals surface area (Å²) < 4.78 is 2.45. The molecule has 0 saturated carbocycles. The third-order valence-electron chi connectivity index (χ3n) is 2.15. The summed E-state index contributed by atoms with van der Waals surface area (Å²) in [5.41, 5.74) is 6.87. The fourth-order valence-corrected chi connectivity index (χ4v) is 2.30. The topological polar surface area (TPSA) is 86.2 Å². The molecule has 0 atom stereocenters. The van der Waals surface area contributed by atoms with Gasteiger partial charge in [-0.2, -0.15) is 4.52 Å². The molecule has 0 unspecified atom stereocenters. The van der Waals surface area contributed by atoms with Gasteiger partial charge in [-0.15, -0.1) is 16.4 Å². The molecule has 0 saturated heterocycles. The normalized spacial score (nSPS) is 11.2.